The summed E-state index contributed by atoms with van der Waals surface area (Å²) >= 11 is 5.59. The summed E-state index contributed by atoms with van der Waals surface area (Å²) in [5, 5.41) is 0. The first kappa shape index (κ1) is 11.1. The molecular formula is C12H15ClO. The number of halogens is 1. The van der Waals surface area contributed by atoms with Gasteiger partial charge in [-0.25, -0.2) is 0 Å². The zero-order chi connectivity index (χ0) is 10.4. The van der Waals surface area contributed by atoms with Crippen LogP contribution in [0.15, 0.2) is 36.4 Å². The fourth-order valence-electron chi connectivity index (χ4n) is 1.05. The van der Waals surface area contributed by atoms with Crippen LogP contribution in [0.4, 0.5) is 0 Å². The zero-order valence-electron chi connectivity index (χ0n) is 8.42. The van der Waals surface area contributed by atoms with Gasteiger partial charge in [0.15, 0.2) is 0 Å². The predicted molar refractivity (Wildman–Crippen MR) is 61.2 cm³/mol. The van der Waals surface area contributed by atoms with Crippen LogP contribution in [-0.4, -0.2) is 12.5 Å². The van der Waals surface area contributed by atoms with Gasteiger partial charge in [0.2, 0.25) is 0 Å². The number of hydrogen-bond acceptors (Lipinski definition) is 1. The smallest absolute Gasteiger partial charge is 0.119 e. The van der Waals surface area contributed by atoms with Gasteiger partial charge in [-0.15, -0.1) is 11.6 Å². The lowest BCUT2D eigenvalue weighted by atomic mass is 10.2. The third-order valence-corrected chi connectivity index (χ3v) is 2.34. The van der Waals surface area contributed by atoms with Gasteiger partial charge in [0.1, 0.15) is 12.4 Å². The first-order chi connectivity index (χ1) is 6.76. The highest BCUT2D eigenvalue weighted by molar-refractivity contribution is 6.19. The Kier molecular flexibility index (Phi) is 4.54. The lowest BCUT2D eigenvalue weighted by Crippen LogP contribution is -2.01. The summed E-state index contributed by atoms with van der Waals surface area (Å²) in [4.78, 5) is 0. The standard InChI is InChI=1S/C12H15ClO/c1-3-11-4-6-12(7-5-11)14-9-10(2)8-13/h4-7H,2-3,8-9H2,1H3. The van der Waals surface area contributed by atoms with Gasteiger partial charge in [-0.1, -0.05) is 25.6 Å². The minimum atomic E-state index is 0.451. The molecule has 0 atom stereocenters. The SMILES string of the molecule is C=C(CCl)COc1ccc(CC)cc1. The molecule has 0 heterocycles. The number of alkyl halides is 1. The van der Waals surface area contributed by atoms with Crippen LogP contribution < -0.4 is 4.74 Å². The normalized spacial score (nSPS) is 9.86. The highest BCUT2D eigenvalue weighted by atomic mass is 35.5. The fourth-order valence-corrected chi connectivity index (χ4v) is 1.12. The third-order valence-electron chi connectivity index (χ3n) is 1.96. The van der Waals surface area contributed by atoms with Crippen molar-refractivity contribution in [2.24, 2.45) is 0 Å². The van der Waals surface area contributed by atoms with Gasteiger partial charge in [0, 0.05) is 5.88 Å². The van der Waals surface area contributed by atoms with Gasteiger partial charge in [0.25, 0.3) is 0 Å². The summed E-state index contributed by atoms with van der Waals surface area (Å²) in [6.45, 7) is 6.39. The van der Waals surface area contributed by atoms with E-state index in [1.807, 2.05) is 12.1 Å². The van der Waals surface area contributed by atoms with Gasteiger partial charge in [0.05, 0.1) is 0 Å². The maximum atomic E-state index is 5.59. The predicted octanol–water partition coefficient (Wildman–Crippen LogP) is 3.42. The van der Waals surface area contributed by atoms with Crippen molar-refractivity contribution in [3.8, 4) is 5.75 Å². The largest absolute Gasteiger partial charge is 0.489 e. The molecule has 2 heteroatoms. The van der Waals surface area contributed by atoms with Crippen LogP contribution in [0.1, 0.15) is 12.5 Å². The Morgan fingerprint density at radius 1 is 1.36 bits per heavy atom. The summed E-state index contributed by atoms with van der Waals surface area (Å²) in [6, 6.07) is 8.08. The van der Waals surface area contributed by atoms with E-state index >= 15 is 0 Å². The van der Waals surface area contributed by atoms with Gasteiger partial charge >= 0.3 is 0 Å². The minimum absolute atomic E-state index is 0.451. The van der Waals surface area contributed by atoms with Crippen LogP contribution in [0.3, 0.4) is 0 Å². The highest BCUT2D eigenvalue weighted by Crippen LogP contribution is 2.13. The van der Waals surface area contributed by atoms with E-state index in [2.05, 4.69) is 25.6 Å². The van der Waals surface area contributed by atoms with Crippen molar-refractivity contribution in [3.63, 3.8) is 0 Å². The first-order valence-corrected chi connectivity index (χ1v) is 5.24. The second-order valence-electron chi connectivity index (χ2n) is 3.17. The van der Waals surface area contributed by atoms with E-state index < -0.39 is 0 Å². The number of aryl methyl sites for hydroxylation is 1. The molecule has 0 spiro atoms. The summed E-state index contributed by atoms with van der Waals surface area (Å²) in [6.07, 6.45) is 1.05. The Bertz CT molecular complexity index is 290. The molecule has 0 saturated heterocycles. The Labute approximate surface area is 90.3 Å². The van der Waals surface area contributed by atoms with Gasteiger partial charge in [-0.3, -0.25) is 0 Å². The molecular weight excluding hydrogens is 196 g/mol. The second kappa shape index (κ2) is 5.71. The van der Waals surface area contributed by atoms with Gasteiger partial charge in [-0.2, -0.15) is 0 Å². The van der Waals surface area contributed by atoms with Crippen molar-refractivity contribution >= 4 is 11.6 Å². The molecule has 1 rings (SSSR count). The molecule has 1 nitrogen and oxygen atoms in total. The summed E-state index contributed by atoms with van der Waals surface area (Å²) in [7, 11) is 0. The highest BCUT2D eigenvalue weighted by Gasteiger charge is 1.95. The Balaban J connectivity index is 2.47. The monoisotopic (exact) mass is 210 g/mol. The van der Waals surface area contributed by atoms with Crippen molar-refractivity contribution < 1.29 is 4.74 Å². The number of rotatable bonds is 5. The van der Waals surface area contributed by atoms with E-state index in [1.54, 1.807) is 0 Å². The molecule has 0 bridgehead atoms. The van der Waals surface area contributed by atoms with Crippen LogP contribution >= 0.6 is 11.6 Å². The van der Waals surface area contributed by atoms with Crippen LogP contribution in [0.5, 0.6) is 5.75 Å². The van der Waals surface area contributed by atoms with Crippen molar-refractivity contribution in [2.75, 3.05) is 12.5 Å². The summed E-state index contributed by atoms with van der Waals surface area (Å²) in [5.41, 5.74) is 2.21. The average molecular weight is 211 g/mol. The van der Waals surface area contributed by atoms with E-state index in [4.69, 9.17) is 16.3 Å². The number of benzene rings is 1. The van der Waals surface area contributed by atoms with Crippen LogP contribution in [-0.2, 0) is 6.42 Å². The quantitative estimate of drug-likeness (QED) is 0.535. The third kappa shape index (κ3) is 3.43. The second-order valence-corrected chi connectivity index (χ2v) is 3.44. The molecule has 0 fully saturated rings. The molecule has 0 aliphatic carbocycles. The molecule has 0 unspecified atom stereocenters. The van der Waals surface area contributed by atoms with Crippen molar-refractivity contribution in [2.45, 2.75) is 13.3 Å². The molecule has 0 aromatic heterocycles. The average Bonchev–Trinajstić information content (AvgIpc) is 2.26. The minimum Gasteiger partial charge on any atom is -0.489 e. The van der Waals surface area contributed by atoms with E-state index in [-0.39, 0.29) is 0 Å². The first-order valence-electron chi connectivity index (χ1n) is 4.70. The van der Waals surface area contributed by atoms with Crippen LogP contribution in [0.2, 0.25) is 0 Å². The van der Waals surface area contributed by atoms with Gasteiger partial charge in [-0.05, 0) is 29.7 Å². The Hall–Kier alpha value is -0.950. The zero-order valence-corrected chi connectivity index (χ0v) is 9.18. The fraction of sp³-hybridized carbons (Fsp3) is 0.333. The molecule has 0 radical (unpaired) electrons. The molecule has 1 aromatic rings. The molecule has 0 amide bonds. The molecule has 0 N–H and O–H groups in total. The van der Waals surface area contributed by atoms with E-state index in [0.29, 0.717) is 12.5 Å². The maximum Gasteiger partial charge on any atom is 0.119 e. The lowest BCUT2D eigenvalue weighted by Gasteiger charge is -2.06. The van der Waals surface area contributed by atoms with E-state index in [9.17, 15) is 0 Å². The molecule has 14 heavy (non-hydrogen) atoms. The van der Waals surface area contributed by atoms with Crippen molar-refractivity contribution in [1.82, 2.24) is 0 Å². The van der Waals surface area contributed by atoms with Crippen molar-refractivity contribution in [1.29, 1.82) is 0 Å². The molecule has 0 aliphatic heterocycles. The Morgan fingerprint density at radius 2 is 2.00 bits per heavy atom. The number of hydrogen-bond donors (Lipinski definition) is 0. The van der Waals surface area contributed by atoms with Gasteiger partial charge < -0.3 is 4.74 Å². The lowest BCUT2D eigenvalue weighted by molar-refractivity contribution is 0.353. The Morgan fingerprint density at radius 3 is 2.50 bits per heavy atom. The molecule has 0 aliphatic rings. The summed E-state index contributed by atoms with van der Waals surface area (Å²) < 4.78 is 5.47. The molecule has 76 valence electrons. The maximum absolute atomic E-state index is 5.59. The van der Waals surface area contributed by atoms with E-state index in [1.165, 1.54) is 5.56 Å². The van der Waals surface area contributed by atoms with Crippen LogP contribution in [0.25, 0.3) is 0 Å². The number of ether oxygens (including phenoxy) is 1. The summed E-state index contributed by atoms with van der Waals surface area (Å²) in [5.74, 6) is 1.32. The topological polar surface area (TPSA) is 9.23 Å². The molecule has 1 aromatic carbocycles. The molecule has 0 saturated carbocycles. The van der Waals surface area contributed by atoms with Crippen LogP contribution in [0, 0.1) is 0 Å². The van der Waals surface area contributed by atoms with Crippen molar-refractivity contribution in [3.05, 3.63) is 42.0 Å². The van der Waals surface area contributed by atoms with E-state index in [0.717, 1.165) is 17.7 Å².